The van der Waals surface area contributed by atoms with Crippen molar-refractivity contribution in [1.82, 2.24) is 5.32 Å². The first-order valence-corrected chi connectivity index (χ1v) is 10.7. The zero-order valence-electron chi connectivity index (χ0n) is 14.9. The maximum Gasteiger partial charge on any atom is 0.339 e. The summed E-state index contributed by atoms with van der Waals surface area (Å²) in [5, 5.41) is 11.4. The Morgan fingerprint density at radius 1 is 1.18 bits per heavy atom. The highest BCUT2D eigenvalue weighted by molar-refractivity contribution is 8.16. The topological polar surface area (TPSA) is 97.2 Å². The standard InChI is InChI=1S/C18H16ClN3O4S2/c1-18(2)16(23)21-17(27-18)22-20-11-12-4-3-5-14(10-12)26-28(24,25)15-8-6-13(19)7-9-15/h3-11H,1-2H3,(H,21,22,23). The van der Waals surface area contributed by atoms with Crippen molar-refractivity contribution in [2.75, 3.05) is 0 Å². The van der Waals surface area contributed by atoms with Gasteiger partial charge in [0.15, 0.2) is 5.17 Å². The molecule has 0 atom stereocenters. The van der Waals surface area contributed by atoms with Crippen LogP contribution >= 0.6 is 23.4 Å². The average molecular weight is 438 g/mol. The molecule has 1 N–H and O–H groups in total. The quantitative estimate of drug-likeness (QED) is 0.439. The number of carbonyl (C=O) groups is 1. The second-order valence-electron chi connectivity index (χ2n) is 6.28. The molecule has 0 aromatic heterocycles. The molecule has 0 spiro atoms. The minimum Gasteiger partial charge on any atom is -0.379 e. The number of amidine groups is 1. The smallest absolute Gasteiger partial charge is 0.339 e. The van der Waals surface area contributed by atoms with Gasteiger partial charge in [0.2, 0.25) is 5.91 Å². The molecule has 0 bridgehead atoms. The summed E-state index contributed by atoms with van der Waals surface area (Å²) in [6, 6.07) is 12.1. The van der Waals surface area contributed by atoms with Gasteiger partial charge in [0.1, 0.15) is 10.6 Å². The first kappa shape index (κ1) is 20.4. The number of hydrogen-bond acceptors (Lipinski definition) is 7. The van der Waals surface area contributed by atoms with Gasteiger partial charge in [0.05, 0.1) is 11.0 Å². The van der Waals surface area contributed by atoms with Crippen LogP contribution in [0.3, 0.4) is 0 Å². The number of carbonyl (C=O) groups excluding carboxylic acids is 1. The molecule has 0 unspecified atom stereocenters. The summed E-state index contributed by atoms with van der Waals surface area (Å²) in [5.41, 5.74) is 0.585. The number of benzene rings is 2. The van der Waals surface area contributed by atoms with Gasteiger partial charge in [-0.1, -0.05) is 35.5 Å². The SMILES string of the molecule is CC1(C)S/C(=N\N=Cc2cccc(OS(=O)(=O)c3ccc(Cl)cc3)c2)NC1=O. The largest absolute Gasteiger partial charge is 0.379 e. The number of rotatable bonds is 5. The summed E-state index contributed by atoms with van der Waals surface area (Å²) < 4.78 is 29.3. The first-order chi connectivity index (χ1) is 13.2. The van der Waals surface area contributed by atoms with E-state index in [1.807, 2.05) is 0 Å². The molecule has 0 saturated carbocycles. The van der Waals surface area contributed by atoms with E-state index < -0.39 is 14.9 Å². The monoisotopic (exact) mass is 437 g/mol. The van der Waals surface area contributed by atoms with Gasteiger partial charge >= 0.3 is 10.1 Å². The van der Waals surface area contributed by atoms with Crippen LogP contribution in [0.5, 0.6) is 5.75 Å². The van der Waals surface area contributed by atoms with Gasteiger partial charge in [-0.2, -0.15) is 13.5 Å². The summed E-state index contributed by atoms with van der Waals surface area (Å²) in [6.07, 6.45) is 1.44. The lowest BCUT2D eigenvalue weighted by Crippen LogP contribution is -2.30. The molecular formula is C18H16ClN3O4S2. The molecule has 3 rings (SSSR count). The van der Waals surface area contributed by atoms with Gasteiger partial charge < -0.3 is 9.50 Å². The first-order valence-electron chi connectivity index (χ1n) is 8.07. The molecule has 1 aliphatic heterocycles. The third kappa shape index (κ3) is 4.92. The fraction of sp³-hybridized carbons (Fsp3) is 0.167. The summed E-state index contributed by atoms with van der Waals surface area (Å²) in [7, 11) is -3.98. The molecule has 0 aliphatic carbocycles. The summed E-state index contributed by atoms with van der Waals surface area (Å²) in [5.74, 6) is 0.00508. The summed E-state index contributed by atoms with van der Waals surface area (Å²) >= 11 is 7.06. The Hall–Kier alpha value is -2.36. The Morgan fingerprint density at radius 3 is 2.54 bits per heavy atom. The number of hydrogen-bond donors (Lipinski definition) is 1. The molecule has 2 aromatic carbocycles. The molecule has 7 nitrogen and oxygen atoms in total. The predicted octanol–water partition coefficient (Wildman–Crippen LogP) is 3.44. The molecule has 0 radical (unpaired) electrons. The maximum atomic E-state index is 12.3. The average Bonchev–Trinajstić information content (AvgIpc) is 2.87. The van der Waals surface area contributed by atoms with Crippen molar-refractivity contribution >= 4 is 50.8 Å². The molecule has 1 heterocycles. The lowest BCUT2D eigenvalue weighted by Gasteiger charge is -2.08. The van der Waals surface area contributed by atoms with Crippen molar-refractivity contribution in [2.24, 2.45) is 10.2 Å². The highest BCUT2D eigenvalue weighted by atomic mass is 35.5. The van der Waals surface area contributed by atoms with E-state index in [0.717, 1.165) is 0 Å². The van der Waals surface area contributed by atoms with Crippen LogP contribution in [-0.4, -0.2) is 30.5 Å². The summed E-state index contributed by atoms with van der Waals surface area (Å²) in [4.78, 5) is 11.7. The Balaban J connectivity index is 1.72. The van der Waals surface area contributed by atoms with Crippen molar-refractivity contribution in [2.45, 2.75) is 23.5 Å². The van der Waals surface area contributed by atoms with E-state index in [1.165, 1.54) is 54.4 Å². The van der Waals surface area contributed by atoms with Crippen LogP contribution in [0.15, 0.2) is 63.6 Å². The van der Waals surface area contributed by atoms with Gasteiger partial charge in [-0.15, -0.1) is 5.10 Å². The normalized spacial score (nSPS) is 17.8. The Kier molecular flexibility index (Phi) is 5.78. The minimum atomic E-state index is -3.98. The second-order valence-corrected chi connectivity index (χ2v) is 9.87. The van der Waals surface area contributed by atoms with Crippen molar-refractivity contribution in [3.05, 3.63) is 59.1 Å². The lowest BCUT2D eigenvalue weighted by molar-refractivity contribution is -0.120. The van der Waals surface area contributed by atoms with E-state index in [9.17, 15) is 13.2 Å². The van der Waals surface area contributed by atoms with Gasteiger partial charge in [0, 0.05) is 5.02 Å². The lowest BCUT2D eigenvalue weighted by atomic mass is 10.2. The summed E-state index contributed by atoms with van der Waals surface area (Å²) in [6.45, 7) is 3.59. The van der Waals surface area contributed by atoms with E-state index in [1.54, 1.807) is 26.0 Å². The number of thioether (sulfide) groups is 1. The third-order valence-corrected chi connectivity index (χ3v) is 6.23. The maximum absolute atomic E-state index is 12.3. The van der Waals surface area contributed by atoms with Crippen LogP contribution in [0.2, 0.25) is 5.02 Å². The molecular weight excluding hydrogens is 422 g/mol. The van der Waals surface area contributed by atoms with Crippen LogP contribution in [0, 0.1) is 0 Å². The molecule has 1 amide bonds. The van der Waals surface area contributed by atoms with E-state index in [-0.39, 0.29) is 16.6 Å². The van der Waals surface area contributed by atoms with Crippen molar-refractivity contribution in [3.8, 4) is 5.75 Å². The zero-order valence-corrected chi connectivity index (χ0v) is 17.3. The molecule has 146 valence electrons. The van der Waals surface area contributed by atoms with Crippen molar-refractivity contribution in [3.63, 3.8) is 0 Å². The number of nitrogens with zero attached hydrogens (tertiary/aromatic N) is 2. The van der Waals surface area contributed by atoms with E-state index in [4.69, 9.17) is 15.8 Å². The molecule has 1 saturated heterocycles. The molecule has 28 heavy (non-hydrogen) atoms. The third-order valence-electron chi connectivity index (χ3n) is 3.64. The fourth-order valence-electron chi connectivity index (χ4n) is 2.18. The van der Waals surface area contributed by atoms with E-state index in [0.29, 0.717) is 15.8 Å². The van der Waals surface area contributed by atoms with Crippen molar-refractivity contribution in [1.29, 1.82) is 0 Å². The number of nitrogens with one attached hydrogen (secondary N) is 1. The Labute approximate surface area is 172 Å². The van der Waals surface area contributed by atoms with Crippen LogP contribution in [0.1, 0.15) is 19.4 Å². The molecule has 1 aliphatic rings. The fourth-order valence-corrected chi connectivity index (χ4v) is 4.08. The molecule has 2 aromatic rings. The Bertz CT molecular complexity index is 1060. The highest BCUT2D eigenvalue weighted by Gasteiger charge is 2.38. The van der Waals surface area contributed by atoms with Crippen LogP contribution in [0.25, 0.3) is 0 Å². The van der Waals surface area contributed by atoms with Crippen LogP contribution in [0.4, 0.5) is 0 Å². The van der Waals surface area contributed by atoms with E-state index >= 15 is 0 Å². The Morgan fingerprint density at radius 2 is 1.89 bits per heavy atom. The van der Waals surface area contributed by atoms with Gasteiger partial charge in [-0.05, 0) is 55.8 Å². The van der Waals surface area contributed by atoms with Gasteiger partial charge in [0.25, 0.3) is 0 Å². The van der Waals surface area contributed by atoms with Gasteiger partial charge in [-0.3, -0.25) is 4.79 Å². The predicted molar refractivity (Wildman–Crippen MR) is 111 cm³/mol. The second kappa shape index (κ2) is 7.94. The number of amides is 1. The van der Waals surface area contributed by atoms with Crippen LogP contribution < -0.4 is 9.50 Å². The van der Waals surface area contributed by atoms with Crippen LogP contribution in [-0.2, 0) is 14.9 Å². The van der Waals surface area contributed by atoms with Gasteiger partial charge in [-0.25, -0.2) is 0 Å². The number of halogens is 1. The molecule has 10 heteroatoms. The minimum absolute atomic E-state index is 0.000940. The van der Waals surface area contributed by atoms with Crippen molar-refractivity contribution < 1.29 is 17.4 Å². The van der Waals surface area contributed by atoms with E-state index in [2.05, 4.69) is 15.5 Å². The zero-order chi connectivity index (χ0) is 20.4. The molecule has 1 fully saturated rings. The highest BCUT2D eigenvalue weighted by Crippen LogP contribution is 2.30.